The Morgan fingerprint density at radius 3 is 2.02 bits per heavy atom. The summed E-state index contributed by atoms with van der Waals surface area (Å²) < 4.78 is 2.28. The Morgan fingerprint density at radius 2 is 1.33 bits per heavy atom. The quantitative estimate of drug-likeness (QED) is 0.175. The molecule has 0 unspecified atom stereocenters. The number of phenolic OH excluding ortho intramolecular Hbond substituents is 1. The summed E-state index contributed by atoms with van der Waals surface area (Å²) in [5, 5.41) is 12.6. The number of hydrogen-bond donors (Lipinski definition) is 1. The molecule has 2 heterocycles. The van der Waals surface area contributed by atoms with Crippen LogP contribution in [0.1, 0.15) is 104 Å². The first-order valence-corrected chi connectivity index (χ1v) is 20.0. The molecule has 7 aromatic rings. The van der Waals surface area contributed by atoms with E-state index in [-0.39, 0.29) is 42.7 Å². The predicted octanol–water partition coefficient (Wildman–Crippen LogP) is 13.5. The standard InChI is InChI=1S/C52H54N3O.Pt/c1-49(2,3)36-22-25-43(40(32-36)33-17-12-11-13-18-33)55-44-21-16-19-38(34-29-35(42-20-14-15-28-53-42)31-37(30-34)50(4,5)6)46(44)54-48(55)39-23-24-41-45(47(39)56)52(9,10)27-26-51(41,7)8;/h11-25,28,30-32,56H,26-27H2,1-10H3;/q-1;. The van der Waals surface area contributed by atoms with Gasteiger partial charge in [-0.3, -0.25) is 9.55 Å². The third-order valence-electron chi connectivity index (χ3n) is 12.0. The van der Waals surface area contributed by atoms with Crippen LogP contribution in [0.5, 0.6) is 5.75 Å². The van der Waals surface area contributed by atoms with E-state index in [1.54, 1.807) is 0 Å². The molecule has 5 heteroatoms. The fourth-order valence-corrected chi connectivity index (χ4v) is 8.50. The molecule has 0 atom stereocenters. The molecule has 5 aromatic carbocycles. The Balaban J connectivity index is 0.00000496. The summed E-state index contributed by atoms with van der Waals surface area (Å²) in [4.78, 5) is 10.3. The molecule has 0 aliphatic heterocycles. The van der Waals surface area contributed by atoms with Crippen molar-refractivity contribution in [3.8, 4) is 56.3 Å². The van der Waals surface area contributed by atoms with Crippen molar-refractivity contribution in [2.75, 3.05) is 0 Å². The number of benzene rings is 5. The summed E-state index contributed by atoms with van der Waals surface area (Å²) in [6.07, 6.45) is 3.90. The molecule has 0 saturated heterocycles. The van der Waals surface area contributed by atoms with Gasteiger partial charge in [0.05, 0.1) is 22.3 Å². The average molecular weight is 932 g/mol. The van der Waals surface area contributed by atoms with E-state index in [9.17, 15) is 5.11 Å². The zero-order chi connectivity index (χ0) is 39.8. The van der Waals surface area contributed by atoms with Crippen molar-refractivity contribution in [1.29, 1.82) is 0 Å². The zero-order valence-corrected chi connectivity index (χ0v) is 37.3. The second kappa shape index (κ2) is 14.5. The number of imidazole rings is 1. The van der Waals surface area contributed by atoms with Gasteiger partial charge in [-0.15, -0.1) is 29.3 Å². The largest absolute Gasteiger partial charge is 0.507 e. The number of para-hydroxylation sites is 1. The van der Waals surface area contributed by atoms with Crippen LogP contribution >= 0.6 is 0 Å². The van der Waals surface area contributed by atoms with Gasteiger partial charge in [0.25, 0.3) is 0 Å². The molecular weight excluding hydrogens is 878 g/mol. The topological polar surface area (TPSA) is 50.9 Å². The molecular formula is C52H54N3OPt-. The van der Waals surface area contributed by atoms with Crippen LogP contribution in [-0.4, -0.2) is 19.6 Å². The van der Waals surface area contributed by atoms with Crippen LogP contribution in [0, 0.1) is 6.07 Å². The second-order valence-corrected chi connectivity index (χ2v) is 19.1. The van der Waals surface area contributed by atoms with Crippen LogP contribution < -0.4 is 0 Å². The van der Waals surface area contributed by atoms with E-state index in [2.05, 4.69) is 171 Å². The van der Waals surface area contributed by atoms with Crippen molar-refractivity contribution in [1.82, 2.24) is 14.5 Å². The van der Waals surface area contributed by atoms with E-state index in [0.717, 1.165) is 74.2 Å². The molecule has 0 fully saturated rings. The van der Waals surface area contributed by atoms with Crippen LogP contribution in [0.15, 0.2) is 115 Å². The first-order chi connectivity index (χ1) is 26.4. The summed E-state index contributed by atoms with van der Waals surface area (Å²) >= 11 is 0. The van der Waals surface area contributed by atoms with Crippen LogP contribution in [-0.2, 0) is 42.7 Å². The first kappa shape index (κ1) is 40.4. The fraction of sp³-hybridized carbons (Fsp3) is 0.308. The molecule has 0 saturated carbocycles. The third-order valence-corrected chi connectivity index (χ3v) is 12.0. The van der Waals surface area contributed by atoms with Crippen LogP contribution in [0.2, 0.25) is 0 Å². The maximum atomic E-state index is 12.6. The third kappa shape index (κ3) is 7.31. The van der Waals surface area contributed by atoms with Crippen molar-refractivity contribution in [3.05, 3.63) is 144 Å². The SMILES string of the molecule is CC(C)(C)c1cc(-c2ccccn2)[c-]c(-c2cccc3c2nc(-c2ccc4c(c2O)C(C)(C)CCC4(C)C)n3-c2ccc(C(C)(C)C)cc2-c2ccccc2)c1.[Pt]. The average Bonchev–Trinajstić information content (AvgIpc) is 3.55. The molecule has 1 N–H and O–H groups in total. The predicted molar refractivity (Wildman–Crippen MR) is 234 cm³/mol. The number of aromatic nitrogens is 3. The van der Waals surface area contributed by atoms with Crippen molar-refractivity contribution in [3.63, 3.8) is 0 Å². The molecule has 4 nitrogen and oxygen atoms in total. The normalized spacial score (nSPS) is 14.9. The Morgan fingerprint density at radius 1 is 0.649 bits per heavy atom. The van der Waals surface area contributed by atoms with Gasteiger partial charge in [-0.25, -0.2) is 4.98 Å². The number of nitrogens with zero attached hydrogens (tertiary/aromatic N) is 3. The first-order valence-electron chi connectivity index (χ1n) is 20.0. The minimum Gasteiger partial charge on any atom is -0.507 e. The van der Waals surface area contributed by atoms with Crippen molar-refractivity contribution in [2.24, 2.45) is 0 Å². The van der Waals surface area contributed by atoms with Gasteiger partial charge >= 0.3 is 0 Å². The van der Waals surface area contributed by atoms with Gasteiger partial charge in [-0.2, -0.15) is 0 Å². The number of rotatable bonds is 5. The maximum Gasteiger partial charge on any atom is 0.148 e. The van der Waals surface area contributed by atoms with E-state index in [4.69, 9.17) is 9.97 Å². The summed E-state index contributed by atoms with van der Waals surface area (Å²) in [6.45, 7) is 22.6. The Labute approximate surface area is 353 Å². The van der Waals surface area contributed by atoms with E-state index >= 15 is 0 Å². The molecule has 0 radical (unpaired) electrons. The molecule has 8 rings (SSSR count). The van der Waals surface area contributed by atoms with E-state index < -0.39 is 0 Å². The van der Waals surface area contributed by atoms with E-state index in [0.29, 0.717) is 11.6 Å². The minimum absolute atomic E-state index is 0. The Hall–Kier alpha value is -4.79. The molecule has 0 amide bonds. The van der Waals surface area contributed by atoms with Crippen LogP contribution in [0.4, 0.5) is 0 Å². The number of fused-ring (bicyclic) bond motifs is 2. The molecule has 1 aliphatic carbocycles. The monoisotopic (exact) mass is 931 g/mol. The molecule has 294 valence electrons. The summed E-state index contributed by atoms with van der Waals surface area (Å²) in [6, 6.07) is 42.5. The summed E-state index contributed by atoms with van der Waals surface area (Å²) in [5.41, 5.74) is 13.9. The molecule has 0 bridgehead atoms. The van der Waals surface area contributed by atoms with Crippen molar-refractivity contribution >= 4 is 11.0 Å². The summed E-state index contributed by atoms with van der Waals surface area (Å²) in [5.74, 6) is 1.04. The van der Waals surface area contributed by atoms with Gasteiger partial charge in [-0.1, -0.05) is 147 Å². The molecule has 0 spiro atoms. The number of pyridine rings is 1. The maximum absolute atomic E-state index is 12.6. The van der Waals surface area contributed by atoms with Gasteiger partial charge in [0, 0.05) is 44.1 Å². The van der Waals surface area contributed by atoms with E-state index in [1.165, 1.54) is 16.7 Å². The van der Waals surface area contributed by atoms with Gasteiger partial charge in [-0.05, 0) is 81.5 Å². The second-order valence-electron chi connectivity index (χ2n) is 19.1. The van der Waals surface area contributed by atoms with Gasteiger partial charge in [0.15, 0.2) is 0 Å². The van der Waals surface area contributed by atoms with E-state index in [1.807, 2.05) is 24.4 Å². The molecule has 57 heavy (non-hydrogen) atoms. The van der Waals surface area contributed by atoms with Crippen LogP contribution in [0.3, 0.4) is 0 Å². The van der Waals surface area contributed by atoms with Gasteiger partial charge < -0.3 is 5.11 Å². The minimum atomic E-state index is -0.194. The fourth-order valence-electron chi connectivity index (χ4n) is 8.50. The van der Waals surface area contributed by atoms with Crippen LogP contribution in [0.25, 0.3) is 61.6 Å². The Bertz CT molecular complexity index is 2600. The number of aromatic hydroxyl groups is 1. The van der Waals surface area contributed by atoms with Gasteiger partial charge in [0.2, 0.25) is 0 Å². The molecule has 1 aliphatic rings. The van der Waals surface area contributed by atoms with Gasteiger partial charge in [0.1, 0.15) is 11.6 Å². The smallest absolute Gasteiger partial charge is 0.148 e. The number of phenols is 1. The van der Waals surface area contributed by atoms with Crippen molar-refractivity contribution in [2.45, 2.75) is 104 Å². The Kier molecular flexibility index (Phi) is 10.3. The molecule has 2 aromatic heterocycles. The number of hydrogen-bond acceptors (Lipinski definition) is 3. The van der Waals surface area contributed by atoms with Crippen molar-refractivity contribution < 1.29 is 26.2 Å². The zero-order valence-electron chi connectivity index (χ0n) is 35.0. The summed E-state index contributed by atoms with van der Waals surface area (Å²) in [7, 11) is 0.